The number of methoxy groups -OCH3 is 1. The van der Waals surface area contributed by atoms with Gasteiger partial charge in [0.25, 0.3) is 5.91 Å². The minimum atomic E-state index is -0.267. The Labute approximate surface area is 246 Å². The lowest BCUT2D eigenvalue weighted by molar-refractivity contribution is 0.101. The Morgan fingerprint density at radius 2 is 1.76 bits per heavy atom. The van der Waals surface area contributed by atoms with E-state index in [1.165, 1.54) is 0 Å². The Morgan fingerprint density at radius 1 is 1.02 bits per heavy atom. The summed E-state index contributed by atoms with van der Waals surface area (Å²) < 4.78 is 11.6. The van der Waals surface area contributed by atoms with E-state index >= 15 is 0 Å². The van der Waals surface area contributed by atoms with Crippen molar-refractivity contribution in [3.8, 4) is 17.2 Å². The zero-order valence-corrected chi connectivity index (χ0v) is 24.7. The van der Waals surface area contributed by atoms with Gasteiger partial charge >= 0.3 is 0 Å². The van der Waals surface area contributed by atoms with Gasteiger partial charge in [0.15, 0.2) is 17.2 Å². The number of para-hydroxylation sites is 2. The van der Waals surface area contributed by atoms with Gasteiger partial charge in [0.1, 0.15) is 5.69 Å². The number of carbonyl (C=O) groups is 1. The van der Waals surface area contributed by atoms with Crippen LogP contribution in [0.3, 0.4) is 0 Å². The molecule has 1 fully saturated rings. The predicted molar refractivity (Wildman–Crippen MR) is 164 cm³/mol. The van der Waals surface area contributed by atoms with Crippen LogP contribution in [0.5, 0.6) is 5.75 Å². The van der Waals surface area contributed by atoms with Crippen LogP contribution in [0.4, 0.5) is 23.0 Å². The highest BCUT2D eigenvalue weighted by atomic mass is 16.5. The third-order valence-corrected chi connectivity index (χ3v) is 8.25. The maximum Gasteiger partial charge on any atom is 0.278 e. The molecule has 10 heteroatoms. The maximum absolute atomic E-state index is 13.5. The highest BCUT2D eigenvalue weighted by Gasteiger charge is 2.30. The second-order valence-corrected chi connectivity index (χ2v) is 10.8. The average molecular weight is 568 g/mol. The number of amides is 1. The third kappa shape index (κ3) is 5.18. The van der Waals surface area contributed by atoms with E-state index in [0.29, 0.717) is 35.9 Å². The van der Waals surface area contributed by atoms with Crippen LogP contribution in [0.15, 0.2) is 47.1 Å². The van der Waals surface area contributed by atoms with Crippen LogP contribution in [0, 0.1) is 0 Å². The van der Waals surface area contributed by atoms with Gasteiger partial charge in [0.05, 0.1) is 18.5 Å². The highest BCUT2D eigenvalue weighted by molar-refractivity contribution is 6.05. The molecule has 0 atom stereocenters. The van der Waals surface area contributed by atoms with Crippen molar-refractivity contribution < 1.29 is 14.1 Å². The van der Waals surface area contributed by atoms with Crippen molar-refractivity contribution in [3.05, 3.63) is 70.5 Å². The van der Waals surface area contributed by atoms with Crippen LogP contribution in [0.1, 0.15) is 46.6 Å². The van der Waals surface area contributed by atoms with Crippen LogP contribution in [0.25, 0.3) is 11.5 Å². The van der Waals surface area contributed by atoms with Gasteiger partial charge in [-0.2, -0.15) is 0 Å². The smallest absolute Gasteiger partial charge is 0.278 e. The van der Waals surface area contributed by atoms with Crippen molar-refractivity contribution in [2.24, 2.45) is 0 Å². The Morgan fingerprint density at radius 3 is 2.48 bits per heavy atom. The summed E-state index contributed by atoms with van der Waals surface area (Å²) in [5.74, 6) is 1.42. The van der Waals surface area contributed by atoms with Gasteiger partial charge in [-0.15, -0.1) is 0 Å². The SMILES string of the molecule is CCc1cccc(CC)c1NC(=O)c1noc2c1CCc1cnc(Nc3cccc(N4CCN(C)CC4)c3OC)nc1-2. The first-order chi connectivity index (χ1) is 20.5. The summed E-state index contributed by atoms with van der Waals surface area (Å²) in [4.78, 5) is 27.5. The molecule has 1 amide bonds. The second-order valence-electron chi connectivity index (χ2n) is 10.8. The van der Waals surface area contributed by atoms with Crippen LogP contribution < -0.4 is 20.3 Å². The molecule has 2 aliphatic rings. The van der Waals surface area contributed by atoms with Gasteiger partial charge in [-0.25, -0.2) is 9.97 Å². The number of anilines is 4. The van der Waals surface area contributed by atoms with Gasteiger partial charge in [-0.1, -0.05) is 43.3 Å². The molecule has 218 valence electrons. The maximum atomic E-state index is 13.5. The Bertz CT molecular complexity index is 1590. The molecule has 2 aromatic carbocycles. The third-order valence-electron chi connectivity index (χ3n) is 8.25. The number of carbonyl (C=O) groups excluding carboxylic acids is 1. The van der Waals surface area contributed by atoms with Crippen molar-refractivity contribution in [1.29, 1.82) is 0 Å². The lowest BCUT2D eigenvalue weighted by atomic mass is 9.93. The molecule has 1 aliphatic carbocycles. The zero-order valence-electron chi connectivity index (χ0n) is 24.7. The molecular weight excluding hydrogens is 530 g/mol. The van der Waals surface area contributed by atoms with Crippen molar-refractivity contribution in [1.82, 2.24) is 20.0 Å². The summed E-state index contributed by atoms with van der Waals surface area (Å²) >= 11 is 0. The first-order valence-electron chi connectivity index (χ1n) is 14.6. The summed E-state index contributed by atoms with van der Waals surface area (Å²) in [6.45, 7) is 8.03. The zero-order chi connectivity index (χ0) is 29.2. The summed E-state index contributed by atoms with van der Waals surface area (Å²) in [6.07, 6.45) is 4.78. The number of nitrogens with zero attached hydrogens (tertiary/aromatic N) is 5. The highest BCUT2D eigenvalue weighted by Crippen LogP contribution is 2.39. The fraction of sp³-hybridized carbons (Fsp3) is 0.375. The standard InChI is InChI=1S/C32H37N7O3/c1-5-20-9-7-10-21(6-2)26(20)35-31(40)28-23-14-13-22-19-33-32(36-27(22)29(23)42-37-28)34-24-11-8-12-25(30(24)41-4)39-17-15-38(3)16-18-39/h7-12,19H,5-6,13-18H2,1-4H3,(H,35,40)(H,33,34,36). The summed E-state index contributed by atoms with van der Waals surface area (Å²) in [5.41, 5.74) is 7.56. The number of fused-ring (bicyclic) bond motifs is 3. The molecule has 2 aromatic heterocycles. The first kappa shape index (κ1) is 27.7. The van der Waals surface area contributed by atoms with Crippen LogP contribution in [-0.2, 0) is 25.7 Å². The number of nitrogens with one attached hydrogen (secondary N) is 2. The van der Waals surface area contributed by atoms with Crippen molar-refractivity contribution in [3.63, 3.8) is 0 Å². The Kier molecular flexibility index (Phi) is 7.80. The Hall–Kier alpha value is -4.44. The van der Waals surface area contributed by atoms with Crippen molar-refractivity contribution >= 4 is 28.9 Å². The molecular formula is C32H37N7O3. The largest absolute Gasteiger partial charge is 0.492 e. The minimum Gasteiger partial charge on any atom is -0.492 e. The molecule has 3 heterocycles. The van der Waals surface area contributed by atoms with E-state index in [-0.39, 0.29) is 5.91 Å². The lowest BCUT2D eigenvalue weighted by Crippen LogP contribution is -2.44. The van der Waals surface area contributed by atoms with Crippen LogP contribution in [0.2, 0.25) is 0 Å². The fourth-order valence-corrected chi connectivity index (χ4v) is 5.84. The normalized spacial score (nSPS) is 14.7. The molecule has 42 heavy (non-hydrogen) atoms. The van der Waals surface area contributed by atoms with Crippen molar-refractivity contribution in [2.75, 3.05) is 55.9 Å². The number of hydrogen-bond donors (Lipinski definition) is 2. The number of hydrogen-bond acceptors (Lipinski definition) is 9. The number of aromatic nitrogens is 3. The summed E-state index contributed by atoms with van der Waals surface area (Å²) in [6, 6.07) is 12.2. The number of benzene rings is 2. The van der Waals surface area contributed by atoms with E-state index in [1.807, 2.05) is 36.5 Å². The molecule has 0 radical (unpaired) electrons. The molecule has 0 bridgehead atoms. The summed E-state index contributed by atoms with van der Waals surface area (Å²) in [5, 5.41) is 10.7. The quantitative estimate of drug-likeness (QED) is 0.300. The molecule has 4 aromatic rings. The molecule has 0 saturated carbocycles. The molecule has 1 saturated heterocycles. The van der Waals surface area contributed by atoms with E-state index in [4.69, 9.17) is 14.2 Å². The fourth-order valence-electron chi connectivity index (χ4n) is 5.84. The van der Waals surface area contributed by atoms with E-state index in [0.717, 1.165) is 84.1 Å². The first-order valence-corrected chi connectivity index (χ1v) is 14.6. The molecule has 0 spiro atoms. The van der Waals surface area contributed by atoms with Gasteiger partial charge in [0, 0.05) is 49.2 Å². The topological polar surface area (TPSA) is 109 Å². The monoisotopic (exact) mass is 567 g/mol. The van der Waals surface area contributed by atoms with Gasteiger partial charge in [0.2, 0.25) is 5.95 Å². The van der Waals surface area contributed by atoms with Crippen LogP contribution in [-0.4, -0.2) is 66.3 Å². The predicted octanol–water partition coefficient (Wildman–Crippen LogP) is 5.11. The van der Waals surface area contributed by atoms with E-state index in [1.54, 1.807) is 7.11 Å². The number of aryl methyl sites for hydroxylation is 3. The summed E-state index contributed by atoms with van der Waals surface area (Å²) in [7, 11) is 3.83. The Balaban J connectivity index is 1.27. The number of likely N-dealkylation sites (N-methyl/N-ethyl adjacent to an activating group) is 1. The van der Waals surface area contributed by atoms with E-state index < -0.39 is 0 Å². The van der Waals surface area contributed by atoms with Gasteiger partial charge in [-0.05, 0) is 56.0 Å². The van der Waals surface area contributed by atoms with E-state index in [9.17, 15) is 4.79 Å². The molecule has 6 rings (SSSR count). The number of ether oxygens (including phenoxy) is 1. The van der Waals surface area contributed by atoms with Gasteiger partial charge in [-0.3, -0.25) is 4.79 Å². The van der Waals surface area contributed by atoms with Crippen LogP contribution >= 0.6 is 0 Å². The molecule has 2 N–H and O–H groups in total. The second kappa shape index (κ2) is 11.8. The lowest BCUT2D eigenvalue weighted by Gasteiger charge is -2.35. The average Bonchev–Trinajstić information content (AvgIpc) is 3.46. The molecule has 1 aliphatic heterocycles. The number of piperazine rings is 1. The molecule has 0 unspecified atom stereocenters. The molecule has 10 nitrogen and oxygen atoms in total. The van der Waals surface area contributed by atoms with Gasteiger partial charge < -0.3 is 29.7 Å². The van der Waals surface area contributed by atoms with Crippen molar-refractivity contribution in [2.45, 2.75) is 39.5 Å². The van der Waals surface area contributed by atoms with E-state index in [2.05, 4.69) is 57.5 Å². The number of rotatable bonds is 8. The minimum absolute atomic E-state index is 0.267.